The molecule has 1 saturated heterocycles. The Labute approximate surface area is 206 Å². The second kappa shape index (κ2) is 9.94. The highest BCUT2D eigenvalue weighted by molar-refractivity contribution is 8.13. The maximum Gasteiger partial charge on any atom is 0.379 e. The van der Waals surface area contributed by atoms with Gasteiger partial charge in [-0.2, -0.15) is 9.73 Å². The number of aliphatic imine (C=N–C) groups is 1. The molecule has 1 atom stereocenters. The van der Waals surface area contributed by atoms with Crippen molar-refractivity contribution in [1.29, 1.82) is 0 Å². The van der Waals surface area contributed by atoms with Crippen molar-refractivity contribution >= 4 is 28.3 Å². The summed E-state index contributed by atoms with van der Waals surface area (Å²) in [6.07, 6.45) is 5.62. The molecule has 0 aromatic heterocycles. The summed E-state index contributed by atoms with van der Waals surface area (Å²) in [6, 6.07) is 30.1. The minimum atomic E-state index is -1.23. The molecule has 2 heterocycles. The Morgan fingerprint density at radius 2 is 1.44 bits per heavy atom. The molecule has 3 aromatic rings. The van der Waals surface area contributed by atoms with Gasteiger partial charge in [-0.25, -0.2) is 0 Å². The molecule has 0 saturated carbocycles. The summed E-state index contributed by atoms with van der Waals surface area (Å²) >= 11 is 1.63. The van der Waals surface area contributed by atoms with Crippen LogP contribution in [-0.4, -0.2) is 46.4 Å². The van der Waals surface area contributed by atoms with E-state index in [0.717, 1.165) is 58.4 Å². The predicted octanol–water partition coefficient (Wildman–Crippen LogP) is 5.52. The molecule has 5 rings (SSSR count). The van der Waals surface area contributed by atoms with E-state index in [4.69, 9.17) is 4.99 Å². The minimum Gasteiger partial charge on any atom is -0.620 e. The van der Waals surface area contributed by atoms with E-state index in [1.165, 1.54) is 6.42 Å². The van der Waals surface area contributed by atoms with E-state index in [0.29, 0.717) is 6.54 Å². The molecule has 0 spiro atoms. The van der Waals surface area contributed by atoms with E-state index in [1.54, 1.807) is 11.8 Å². The highest BCUT2D eigenvalue weighted by Gasteiger charge is 2.55. The average Bonchev–Trinajstić information content (AvgIpc) is 3.22. The number of likely N-dealkylation sites (tertiary alicyclic amines) is 1. The third kappa shape index (κ3) is 4.07. The molecule has 2 aliphatic heterocycles. The molecule has 0 N–H and O–H groups in total. The number of rotatable bonds is 4. The molecular formula is C28H30N4OS. The van der Waals surface area contributed by atoms with E-state index < -0.39 is 5.79 Å². The maximum absolute atomic E-state index is 14.4. The van der Waals surface area contributed by atoms with Gasteiger partial charge in [0.25, 0.3) is 0 Å². The second-order valence-corrected chi connectivity index (χ2v) is 9.45. The van der Waals surface area contributed by atoms with Crippen LogP contribution in [0.3, 0.4) is 0 Å². The molecule has 3 aromatic carbocycles. The number of hydrogen-bond acceptors (Lipinski definition) is 4. The fourth-order valence-electron chi connectivity index (χ4n) is 4.91. The van der Waals surface area contributed by atoms with Gasteiger partial charge in [0.2, 0.25) is 5.71 Å². The smallest absolute Gasteiger partial charge is 0.379 e. The molecule has 0 radical (unpaired) electrons. The quantitative estimate of drug-likeness (QED) is 0.218. The summed E-state index contributed by atoms with van der Waals surface area (Å²) in [6.45, 7) is 2.42. The standard InChI is InChI=1S/C28H30N4OS/c1-34-27(30-20-12-5-13-21-30)29-28(24-16-8-3-9-17-24)31(25-18-10-4-11-19-25)22-26(32(28)33)23-14-6-2-7-15-23/h2-4,6-11,14-19H,5,12-13,20-22H2,1H3/b29-27+. The van der Waals surface area contributed by atoms with Crippen LogP contribution in [0.25, 0.3) is 0 Å². The molecular weight excluding hydrogens is 440 g/mol. The summed E-state index contributed by atoms with van der Waals surface area (Å²) in [4.78, 5) is 9.85. The van der Waals surface area contributed by atoms with Gasteiger partial charge in [0.1, 0.15) is 6.54 Å². The van der Waals surface area contributed by atoms with E-state index >= 15 is 0 Å². The Bertz CT molecular complexity index is 1160. The van der Waals surface area contributed by atoms with Crippen LogP contribution >= 0.6 is 11.8 Å². The number of thioether (sulfide) groups is 1. The third-order valence-corrected chi connectivity index (χ3v) is 7.32. The van der Waals surface area contributed by atoms with Gasteiger partial charge in [0.15, 0.2) is 5.17 Å². The fourth-order valence-corrected chi connectivity index (χ4v) is 5.57. The van der Waals surface area contributed by atoms with Gasteiger partial charge in [0.05, 0.1) is 5.56 Å². The van der Waals surface area contributed by atoms with E-state index in [2.05, 4.69) is 28.2 Å². The number of nitrogens with zero attached hydrogens (tertiary/aromatic N) is 4. The first-order valence-electron chi connectivity index (χ1n) is 11.9. The van der Waals surface area contributed by atoms with Crippen LogP contribution in [0.5, 0.6) is 0 Å². The molecule has 2 aliphatic rings. The maximum atomic E-state index is 14.4. The first-order valence-corrected chi connectivity index (χ1v) is 13.1. The molecule has 0 bridgehead atoms. The second-order valence-electron chi connectivity index (χ2n) is 8.68. The zero-order valence-electron chi connectivity index (χ0n) is 19.5. The van der Waals surface area contributed by atoms with Crippen LogP contribution in [0.15, 0.2) is 96.0 Å². The Hall–Kier alpha value is -3.25. The van der Waals surface area contributed by atoms with Crippen molar-refractivity contribution in [3.8, 4) is 0 Å². The van der Waals surface area contributed by atoms with Crippen molar-refractivity contribution in [2.24, 2.45) is 4.99 Å². The Morgan fingerprint density at radius 1 is 0.853 bits per heavy atom. The van der Waals surface area contributed by atoms with Crippen molar-refractivity contribution < 1.29 is 4.74 Å². The summed E-state index contributed by atoms with van der Waals surface area (Å²) in [5.41, 5.74) is 3.48. The number of hydroxylamine groups is 1. The average molecular weight is 471 g/mol. The van der Waals surface area contributed by atoms with Gasteiger partial charge in [-0.1, -0.05) is 66.4 Å². The highest BCUT2D eigenvalue weighted by Crippen LogP contribution is 2.41. The van der Waals surface area contributed by atoms with Crippen LogP contribution in [0, 0.1) is 5.21 Å². The van der Waals surface area contributed by atoms with Gasteiger partial charge >= 0.3 is 5.79 Å². The van der Waals surface area contributed by atoms with Crippen molar-refractivity contribution in [2.45, 2.75) is 25.0 Å². The molecule has 0 aliphatic carbocycles. The Balaban J connectivity index is 1.76. The Kier molecular flexibility index (Phi) is 6.59. The largest absolute Gasteiger partial charge is 0.620 e. The monoisotopic (exact) mass is 470 g/mol. The molecule has 1 unspecified atom stereocenters. The lowest BCUT2D eigenvalue weighted by atomic mass is 10.1. The van der Waals surface area contributed by atoms with E-state index in [-0.39, 0.29) is 0 Å². The van der Waals surface area contributed by atoms with Crippen LogP contribution < -0.4 is 4.90 Å². The number of piperidine rings is 1. The number of hydrogen-bond donors (Lipinski definition) is 0. The number of amidine groups is 1. The molecule has 174 valence electrons. The molecule has 1 fully saturated rings. The van der Waals surface area contributed by atoms with Gasteiger partial charge in [0, 0.05) is 24.3 Å². The summed E-state index contributed by atoms with van der Waals surface area (Å²) < 4.78 is 1.14. The van der Waals surface area contributed by atoms with Gasteiger partial charge < -0.3 is 10.1 Å². The van der Waals surface area contributed by atoms with Crippen molar-refractivity contribution in [3.63, 3.8) is 0 Å². The molecule has 5 nitrogen and oxygen atoms in total. The van der Waals surface area contributed by atoms with Crippen LogP contribution in [0.1, 0.15) is 30.4 Å². The topological polar surface area (TPSA) is 44.9 Å². The van der Waals surface area contributed by atoms with Gasteiger partial charge in [-0.3, -0.25) is 4.90 Å². The van der Waals surface area contributed by atoms with E-state index in [1.807, 2.05) is 78.9 Å². The minimum absolute atomic E-state index is 0.470. The fraction of sp³-hybridized carbons (Fsp3) is 0.286. The normalized spacial score (nSPS) is 21.3. The lowest BCUT2D eigenvalue weighted by molar-refractivity contribution is -0.547. The first-order chi connectivity index (χ1) is 16.7. The van der Waals surface area contributed by atoms with Gasteiger partial charge in [-0.15, -0.1) is 0 Å². The highest BCUT2D eigenvalue weighted by atomic mass is 32.2. The summed E-state index contributed by atoms with van der Waals surface area (Å²) in [5, 5.41) is 15.4. The van der Waals surface area contributed by atoms with Crippen molar-refractivity contribution in [3.05, 3.63) is 107 Å². The van der Waals surface area contributed by atoms with Crippen LogP contribution in [0.4, 0.5) is 5.69 Å². The molecule has 0 amide bonds. The number of anilines is 1. The number of benzene rings is 3. The lowest BCUT2D eigenvalue weighted by Crippen LogP contribution is -2.48. The molecule has 34 heavy (non-hydrogen) atoms. The number of para-hydroxylation sites is 1. The van der Waals surface area contributed by atoms with Crippen LogP contribution in [0.2, 0.25) is 0 Å². The lowest BCUT2D eigenvalue weighted by Gasteiger charge is -2.36. The zero-order valence-corrected chi connectivity index (χ0v) is 20.3. The van der Waals surface area contributed by atoms with Crippen molar-refractivity contribution in [2.75, 3.05) is 30.8 Å². The Morgan fingerprint density at radius 3 is 2.06 bits per heavy atom. The van der Waals surface area contributed by atoms with Gasteiger partial charge in [-0.05, 0) is 61.9 Å². The first kappa shape index (κ1) is 22.5. The van der Waals surface area contributed by atoms with E-state index in [9.17, 15) is 5.21 Å². The van der Waals surface area contributed by atoms with Crippen LogP contribution in [-0.2, 0) is 5.79 Å². The van der Waals surface area contributed by atoms with Crippen molar-refractivity contribution in [1.82, 2.24) is 4.90 Å². The summed E-state index contributed by atoms with van der Waals surface area (Å²) in [5.74, 6) is -1.23. The SMILES string of the molecule is CS/C(=N/C1(c2ccccc2)N(c2ccccc2)CC(c2ccccc2)=[N+]1[O-])N1CCCCC1. The predicted molar refractivity (Wildman–Crippen MR) is 142 cm³/mol. The third-order valence-electron chi connectivity index (χ3n) is 6.61. The molecule has 6 heteroatoms. The summed E-state index contributed by atoms with van der Waals surface area (Å²) in [7, 11) is 0. The zero-order chi connectivity index (χ0) is 23.4.